The standard InChI is InChI=1S/C23H29N3O3S/c1-6-25(7-2)12-13-26(22(27)17-10-8-16(3)9-11-17)23-24-18-14-19(28-4)20(29-5)15-21(18)30-23/h8-11,14-15H,6-7,12-13H2,1-5H3. The van der Waals surface area contributed by atoms with Crippen LogP contribution in [0.1, 0.15) is 29.8 Å². The molecule has 160 valence electrons. The average molecular weight is 428 g/mol. The van der Waals surface area contributed by atoms with Crippen molar-refractivity contribution >= 4 is 32.6 Å². The van der Waals surface area contributed by atoms with Gasteiger partial charge in [-0.1, -0.05) is 42.9 Å². The summed E-state index contributed by atoms with van der Waals surface area (Å²) in [6, 6.07) is 11.4. The van der Waals surface area contributed by atoms with Crippen molar-refractivity contribution in [2.45, 2.75) is 20.8 Å². The summed E-state index contributed by atoms with van der Waals surface area (Å²) in [5.41, 5.74) is 2.58. The highest BCUT2D eigenvalue weighted by atomic mass is 32.1. The fourth-order valence-electron chi connectivity index (χ4n) is 3.28. The van der Waals surface area contributed by atoms with Crippen molar-refractivity contribution in [2.24, 2.45) is 0 Å². The Balaban J connectivity index is 1.99. The van der Waals surface area contributed by atoms with Crippen LogP contribution in [0.3, 0.4) is 0 Å². The van der Waals surface area contributed by atoms with E-state index in [1.54, 1.807) is 19.1 Å². The number of aryl methyl sites for hydroxylation is 1. The van der Waals surface area contributed by atoms with E-state index in [0.717, 1.165) is 35.4 Å². The molecule has 0 atom stereocenters. The summed E-state index contributed by atoms with van der Waals surface area (Å²) in [7, 11) is 3.22. The topological polar surface area (TPSA) is 54.9 Å². The number of nitrogens with zero attached hydrogens (tertiary/aromatic N) is 3. The molecule has 0 bridgehead atoms. The maximum Gasteiger partial charge on any atom is 0.260 e. The number of amides is 1. The first-order chi connectivity index (χ1) is 14.5. The Morgan fingerprint density at radius 1 is 1.00 bits per heavy atom. The lowest BCUT2D eigenvalue weighted by Crippen LogP contribution is -2.38. The van der Waals surface area contributed by atoms with E-state index < -0.39 is 0 Å². The van der Waals surface area contributed by atoms with Crippen LogP contribution in [0.4, 0.5) is 5.13 Å². The fraction of sp³-hybridized carbons (Fsp3) is 0.391. The zero-order valence-electron chi connectivity index (χ0n) is 18.3. The molecule has 0 saturated carbocycles. The largest absolute Gasteiger partial charge is 0.493 e. The number of carbonyl (C=O) groups excluding carboxylic acids is 1. The number of rotatable bonds is 9. The number of fused-ring (bicyclic) bond motifs is 1. The quantitative estimate of drug-likeness (QED) is 0.499. The van der Waals surface area contributed by atoms with Gasteiger partial charge >= 0.3 is 0 Å². The number of thiazole rings is 1. The maximum absolute atomic E-state index is 13.4. The number of methoxy groups -OCH3 is 2. The minimum Gasteiger partial charge on any atom is -0.493 e. The number of carbonyl (C=O) groups is 1. The van der Waals surface area contributed by atoms with Gasteiger partial charge < -0.3 is 14.4 Å². The second-order valence-corrected chi connectivity index (χ2v) is 8.03. The van der Waals surface area contributed by atoms with Crippen LogP contribution in [0.25, 0.3) is 10.2 Å². The van der Waals surface area contributed by atoms with E-state index in [1.807, 2.05) is 43.3 Å². The van der Waals surface area contributed by atoms with Crippen LogP contribution in [0.2, 0.25) is 0 Å². The van der Waals surface area contributed by atoms with Gasteiger partial charge in [-0.2, -0.15) is 0 Å². The van der Waals surface area contributed by atoms with E-state index in [4.69, 9.17) is 14.5 Å². The molecule has 6 nitrogen and oxygen atoms in total. The van der Waals surface area contributed by atoms with E-state index in [2.05, 4.69) is 18.7 Å². The summed E-state index contributed by atoms with van der Waals surface area (Å²) in [6.45, 7) is 9.52. The van der Waals surface area contributed by atoms with Gasteiger partial charge in [-0.05, 0) is 32.1 Å². The lowest BCUT2D eigenvalue weighted by molar-refractivity contribution is 0.0984. The first-order valence-electron chi connectivity index (χ1n) is 10.1. The fourth-order valence-corrected chi connectivity index (χ4v) is 4.28. The third-order valence-electron chi connectivity index (χ3n) is 5.19. The molecule has 1 heterocycles. The molecule has 0 spiro atoms. The molecule has 1 amide bonds. The molecule has 0 unspecified atom stereocenters. The summed E-state index contributed by atoms with van der Waals surface area (Å²) in [5.74, 6) is 1.24. The highest BCUT2D eigenvalue weighted by molar-refractivity contribution is 7.22. The van der Waals surface area contributed by atoms with Gasteiger partial charge in [-0.25, -0.2) is 4.98 Å². The summed E-state index contributed by atoms with van der Waals surface area (Å²) in [5, 5.41) is 0.679. The molecule has 0 radical (unpaired) electrons. The Bertz CT molecular complexity index is 956. The first-order valence-corrected chi connectivity index (χ1v) is 11.0. The normalized spacial score (nSPS) is 11.1. The minimum atomic E-state index is -0.0415. The van der Waals surface area contributed by atoms with E-state index in [1.165, 1.54) is 11.3 Å². The Hall–Kier alpha value is -2.64. The van der Waals surface area contributed by atoms with Crippen molar-refractivity contribution in [3.8, 4) is 11.5 Å². The van der Waals surface area contributed by atoms with Gasteiger partial charge in [0.05, 0.1) is 24.4 Å². The molecular weight excluding hydrogens is 398 g/mol. The Morgan fingerprint density at radius 3 is 2.23 bits per heavy atom. The van der Waals surface area contributed by atoms with Gasteiger partial charge in [-0.3, -0.25) is 9.69 Å². The predicted octanol–water partition coefficient (Wildman–Crippen LogP) is 4.61. The summed E-state index contributed by atoms with van der Waals surface area (Å²) < 4.78 is 11.8. The molecule has 1 aromatic heterocycles. The summed E-state index contributed by atoms with van der Waals surface area (Å²) in [4.78, 5) is 22.2. The van der Waals surface area contributed by atoms with Gasteiger partial charge in [0.1, 0.15) is 0 Å². The first kappa shape index (κ1) is 22.1. The Morgan fingerprint density at radius 2 is 1.63 bits per heavy atom. The molecule has 0 aliphatic carbocycles. The number of aromatic nitrogens is 1. The maximum atomic E-state index is 13.4. The molecule has 7 heteroatoms. The molecule has 0 aliphatic heterocycles. The highest BCUT2D eigenvalue weighted by Crippen LogP contribution is 2.37. The molecule has 3 aromatic rings. The lowest BCUT2D eigenvalue weighted by Gasteiger charge is -2.24. The van der Waals surface area contributed by atoms with Crippen LogP contribution in [-0.4, -0.2) is 56.2 Å². The van der Waals surface area contributed by atoms with E-state index >= 15 is 0 Å². The molecule has 30 heavy (non-hydrogen) atoms. The van der Waals surface area contributed by atoms with Gasteiger partial charge in [0.2, 0.25) is 0 Å². The van der Waals surface area contributed by atoms with E-state index in [0.29, 0.717) is 28.7 Å². The second kappa shape index (κ2) is 9.91. The second-order valence-electron chi connectivity index (χ2n) is 7.02. The van der Waals surface area contributed by atoms with Crippen molar-refractivity contribution in [3.63, 3.8) is 0 Å². The number of ether oxygens (including phenoxy) is 2. The monoisotopic (exact) mass is 427 g/mol. The van der Waals surface area contributed by atoms with Crippen LogP contribution in [0.5, 0.6) is 11.5 Å². The molecular formula is C23H29N3O3S. The number of anilines is 1. The van der Waals surface area contributed by atoms with E-state index in [9.17, 15) is 4.79 Å². The molecule has 0 fully saturated rings. The van der Waals surface area contributed by atoms with Gasteiger partial charge in [-0.15, -0.1) is 0 Å². The van der Waals surface area contributed by atoms with Crippen LogP contribution >= 0.6 is 11.3 Å². The van der Waals surface area contributed by atoms with Crippen molar-refractivity contribution in [1.82, 2.24) is 9.88 Å². The molecule has 2 aromatic carbocycles. The van der Waals surface area contributed by atoms with Crippen LogP contribution in [0.15, 0.2) is 36.4 Å². The number of hydrogen-bond acceptors (Lipinski definition) is 6. The van der Waals surface area contributed by atoms with Gasteiger partial charge in [0.15, 0.2) is 16.6 Å². The molecule has 0 saturated heterocycles. The lowest BCUT2D eigenvalue weighted by atomic mass is 10.1. The molecule has 3 rings (SSSR count). The highest BCUT2D eigenvalue weighted by Gasteiger charge is 2.22. The Kier molecular flexibility index (Phi) is 7.29. The van der Waals surface area contributed by atoms with Gasteiger partial charge in [0, 0.05) is 30.8 Å². The zero-order valence-corrected chi connectivity index (χ0v) is 19.1. The third kappa shape index (κ3) is 4.74. The van der Waals surface area contributed by atoms with Crippen LogP contribution < -0.4 is 14.4 Å². The molecule has 0 aliphatic rings. The van der Waals surface area contributed by atoms with Gasteiger partial charge in [0.25, 0.3) is 5.91 Å². The van der Waals surface area contributed by atoms with Crippen LogP contribution in [0, 0.1) is 6.92 Å². The van der Waals surface area contributed by atoms with Crippen molar-refractivity contribution < 1.29 is 14.3 Å². The smallest absolute Gasteiger partial charge is 0.260 e. The van der Waals surface area contributed by atoms with Crippen molar-refractivity contribution in [2.75, 3.05) is 45.3 Å². The Labute approximate surface area is 182 Å². The number of hydrogen-bond donors (Lipinski definition) is 0. The summed E-state index contributed by atoms with van der Waals surface area (Å²) in [6.07, 6.45) is 0. The SMILES string of the molecule is CCN(CC)CCN(C(=O)c1ccc(C)cc1)c1nc2cc(OC)c(OC)cc2s1. The third-order valence-corrected chi connectivity index (χ3v) is 6.23. The van der Waals surface area contributed by atoms with E-state index in [-0.39, 0.29) is 5.91 Å². The van der Waals surface area contributed by atoms with Crippen molar-refractivity contribution in [3.05, 3.63) is 47.5 Å². The zero-order chi connectivity index (χ0) is 21.7. The molecule has 0 N–H and O–H groups in total. The van der Waals surface area contributed by atoms with Crippen molar-refractivity contribution in [1.29, 1.82) is 0 Å². The number of likely N-dealkylation sites (N-methyl/N-ethyl adjacent to an activating group) is 1. The summed E-state index contributed by atoms with van der Waals surface area (Å²) >= 11 is 1.49. The average Bonchev–Trinajstić information content (AvgIpc) is 3.18. The minimum absolute atomic E-state index is 0.0415. The predicted molar refractivity (Wildman–Crippen MR) is 123 cm³/mol. The van der Waals surface area contributed by atoms with Crippen LogP contribution in [-0.2, 0) is 0 Å². The number of benzene rings is 2.